The van der Waals surface area contributed by atoms with Crippen LogP contribution in [0.25, 0.3) is 0 Å². The van der Waals surface area contributed by atoms with Gasteiger partial charge >= 0.3 is 0 Å². The lowest BCUT2D eigenvalue weighted by atomic mass is 10.3. The Morgan fingerprint density at radius 3 is 2.00 bits per heavy atom. The Hall–Kier alpha value is -0.920. The molecule has 0 rings (SSSR count). The number of rotatable bonds is 1. The molecule has 0 atom stereocenters. The zero-order valence-corrected chi connectivity index (χ0v) is 4.18. The fourth-order valence-corrected chi connectivity index (χ4v) is 0.220. The van der Waals surface area contributed by atoms with E-state index in [1.807, 2.05) is 0 Å². The smallest absolute Gasteiger partial charge is 0.274 e. The molecule has 0 fully saturated rings. The number of hydrogen-bond donors (Lipinski definition) is 2. The van der Waals surface area contributed by atoms with Crippen molar-refractivity contribution in [2.45, 2.75) is 6.92 Å². The van der Waals surface area contributed by atoms with E-state index < -0.39 is 5.95 Å². The van der Waals surface area contributed by atoms with Crippen LogP contribution in [0.15, 0.2) is 24.2 Å². The second-order valence-corrected chi connectivity index (χ2v) is 1.35. The topological polar surface area (TPSA) is 40.5 Å². The summed E-state index contributed by atoms with van der Waals surface area (Å²) in [4.78, 5) is 0. The third-order valence-electron chi connectivity index (χ3n) is 0.375. The summed E-state index contributed by atoms with van der Waals surface area (Å²) in [6, 6.07) is 0. The molecule has 2 heteroatoms. The quantitative estimate of drug-likeness (QED) is 0.387. The summed E-state index contributed by atoms with van der Waals surface area (Å²) in [6.07, 6.45) is 1.17. The molecule has 0 aromatic carbocycles. The zero-order chi connectivity index (χ0) is 5.86. The lowest BCUT2D eigenvalue weighted by molar-refractivity contribution is 0.191. The van der Waals surface area contributed by atoms with Gasteiger partial charge in [-0.05, 0) is 6.92 Å². The van der Waals surface area contributed by atoms with Crippen molar-refractivity contribution >= 4 is 0 Å². The van der Waals surface area contributed by atoms with Gasteiger partial charge in [0.05, 0.1) is 0 Å². The summed E-state index contributed by atoms with van der Waals surface area (Å²) in [5.74, 6) is -0.687. The highest BCUT2D eigenvalue weighted by Gasteiger charge is 1.79. The fourth-order valence-electron chi connectivity index (χ4n) is 0.220. The first-order chi connectivity index (χ1) is 3.13. The molecule has 0 heterocycles. The second kappa shape index (κ2) is 2.29. The van der Waals surface area contributed by atoms with Gasteiger partial charge in [-0.15, -0.1) is 0 Å². The van der Waals surface area contributed by atoms with Crippen LogP contribution in [0.3, 0.4) is 0 Å². The third-order valence-corrected chi connectivity index (χ3v) is 0.375. The number of aliphatic hydroxyl groups excluding tert-OH is 1. The predicted octanol–water partition coefficient (Wildman–Crippen LogP) is 1.52. The molecule has 2 nitrogen and oxygen atoms in total. The molecular formula is C5H8O2. The van der Waals surface area contributed by atoms with E-state index in [0.717, 1.165) is 0 Å². The van der Waals surface area contributed by atoms with E-state index in [1.54, 1.807) is 6.92 Å². The van der Waals surface area contributed by atoms with E-state index in [0.29, 0.717) is 5.57 Å². The normalized spacial score (nSPS) is 7.57. The Kier molecular flexibility index (Phi) is 1.99. The summed E-state index contributed by atoms with van der Waals surface area (Å²) in [7, 11) is 0. The van der Waals surface area contributed by atoms with Gasteiger partial charge < -0.3 is 10.2 Å². The summed E-state index contributed by atoms with van der Waals surface area (Å²) >= 11 is 0. The molecule has 0 saturated heterocycles. The van der Waals surface area contributed by atoms with Crippen molar-refractivity contribution in [1.82, 2.24) is 0 Å². The van der Waals surface area contributed by atoms with Crippen molar-refractivity contribution in [1.29, 1.82) is 0 Å². The van der Waals surface area contributed by atoms with E-state index in [4.69, 9.17) is 10.2 Å². The summed E-state index contributed by atoms with van der Waals surface area (Å²) in [5.41, 5.74) is 0.625. The average molecular weight is 100 g/mol. The standard InChI is InChI=1S/C5H8O2/c1-4(2)3-5(6)7/h3,6-7H,1H2,2H3. The fraction of sp³-hybridized carbons (Fsp3) is 0.200. The summed E-state index contributed by atoms with van der Waals surface area (Å²) < 4.78 is 0. The van der Waals surface area contributed by atoms with E-state index >= 15 is 0 Å². The second-order valence-electron chi connectivity index (χ2n) is 1.35. The molecule has 0 aliphatic rings. The highest BCUT2D eigenvalue weighted by Crippen LogP contribution is 1.90. The maximum atomic E-state index is 8.08. The van der Waals surface area contributed by atoms with Gasteiger partial charge in [-0.3, -0.25) is 0 Å². The summed E-state index contributed by atoms with van der Waals surface area (Å²) in [6.45, 7) is 5.07. The minimum atomic E-state index is -0.687. The average Bonchev–Trinajstić information content (AvgIpc) is 1.27. The van der Waals surface area contributed by atoms with Gasteiger partial charge in [0, 0.05) is 6.08 Å². The van der Waals surface area contributed by atoms with E-state index in [2.05, 4.69) is 6.58 Å². The molecule has 0 radical (unpaired) electrons. The van der Waals surface area contributed by atoms with Crippen LogP contribution in [0.4, 0.5) is 0 Å². The Balaban J connectivity index is 3.68. The molecule has 0 saturated carbocycles. The van der Waals surface area contributed by atoms with Gasteiger partial charge in [-0.1, -0.05) is 12.2 Å². The van der Waals surface area contributed by atoms with E-state index in [1.165, 1.54) is 6.08 Å². The highest BCUT2D eigenvalue weighted by atomic mass is 16.5. The van der Waals surface area contributed by atoms with Gasteiger partial charge in [0.25, 0.3) is 5.95 Å². The van der Waals surface area contributed by atoms with Gasteiger partial charge in [0.15, 0.2) is 0 Å². The highest BCUT2D eigenvalue weighted by molar-refractivity contribution is 5.10. The monoisotopic (exact) mass is 100 g/mol. The van der Waals surface area contributed by atoms with Gasteiger partial charge in [0.1, 0.15) is 0 Å². The molecular weight excluding hydrogens is 92.1 g/mol. The van der Waals surface area contributed by atoms with Crippen LogP contribution in [0, 0.1) is 0 Å². The van der Waals surface area contributed by atoms with Gasteiger partial charge in [-0.25, -0.2) is 0 Å². The van der Waals surface area contributed by atoms with Crippen LogP contribution in [0.2, 0.25) is 0 Å². The summed E-state index contributed by atoms with van der Waals surface area (Å²) in [5, 5.41) is 16.2. The first-order valence-electron chi connectivity index (χ1n) is 1.88. The van der Waals surface area contributed by atoms with Gasteiger partial charge in [-0.2, -0.15) is 0 Å². The first kappa shape index (κ1) is 6.08. The van der Waals surface area contributed by atoms with Gasteiger partial charge in [0.2, 0.25) is 0 Å². The van der Waals surface area contributed by atoms with Crippen LogP contribution in [0.5, 0.6) is 0 Å². The van der Waals surface area contributed by atoms with Crippen LogP contribution in [0.1, 0.15) is 6.92 Å². The lowest BCUT2D eigenvalue weighted by Crippen LogP contribution is -1.74. The van der Waals surface area contributed by atoms with Crippen molar-refractivity contribution < 1.29 is 10.2 Å². The lowest BCUT2D eigenvalue weighted by Gasteiger charge is -1.83. The Morgan fingerprint density at radius 2 is 2.00 bits per heavy atom. The molecule has 0 aliphatic carbocycles. The minimum Gasteiger partial charge on any atom is -0.481 e. The Labute approximate surface area is 42.4 Å². The van der Waals surface area contributed by atoms with Crippen molar-refractivity contribution in [3.8, 4) is 0 Å². The molecule has 40 valence electrons. The van der Waals surface area contributed by atoms with Crippen LogP contribution in [-0.2, 0) is 0 Å². The molecule has 0 bridgehead atoms. The molecule has 0 aromatic heterocycles. The maximum absolute atomic E-state index is 8.08. The zero-order valence-electron chi connectivity index (χ0n) is 4.18. The van der Waals surface area contributed by atoms with Crippen molar-refractivity contribution in [2.75, 3.05) is 0 Å². The molecule has 0 aromatic rings. The number of aliphatic hydroxyl groups is 2. The molecule has 0 unspecified atom stereocenters. The van der Waals surface area contributed by atoms with E-state index in [9.17, 15) is 0 Å². The van der Waals surface area contributed by atoms with E-state index in [-0.39, 0.29) is 0 Å². The molecule has 7 heavy (non-hydrogen) atoms. The predicted molar refractivity (Wildman–Crippen MR) is 28.2 cm³/mol. The maximum Gasteiger partial charge on any atom is 0.274 e. The van der Waals surface area contributed by atoms with Crippen LogP contribution in [-0.4, -0.2) is 10.2 Å². The van der Waals surface area contributed by atoms with Crippen molar-refractivity contribution in [3.05, 3.63) is 24.2 Å². The Morgan fingerprint density at radius 1 is 1.57 bits per heavy atom. The molecule has 0 aliphatic heterocycles. The molecule has 2 N–H and O–H groups in total. The molecule has 0 amide bonds. The first-order valence-corrected chi connectivity index (χ1v) is 1.88. The van der Waals surface area contributed by atoms with Crippen LogP contribution < -0.4 is 0 Å². The number of allylic oxidation sites excluding steroid dienone is 2. The van der Waals surface area contributed by atoms with Crippen molar-refractivity contribution in [2.24, 2.45) is 0 Å². The third kappa shape index (κ3) is 5.08. The minimum absolute atomic E-state index is 0.625. The van der Waals surface area contributed by atoms with Crippen molar-refractivity contribution in [3.63, 3.8) is 0 Å². The largest absolute Gasteiger partial charge is 0.481 e. The Bertz CT molecular complexity index is 98.6. The SMILES string of the molecule is C=C(C)C=C(O)O. The number of hydrogen-bond acceptors (Lipinski definition) is 2. The molecule has 0 spiro atoms. The van der Waals surface area contributed by atoms with Crippen LogP contribution >= 0.6 is 0 Å².